The molecule has 0 saturated carbocycles. The van der Waals surface area contributed by atoms with Crippen LogP contribution in [0.15, 0.2) is 28.8 Å². The first-order valence-electron chi connectivity index (χ1n) is 8.23. The molecular weight excluding hydrogens is 362 g/mol. The summed E-state index contributed by atoms with van der Waals surface area (Å²) in [7, 11) is 0. The highest BCUT2D eigenvalue weighted by Gasteiger charge is 2.28. The van der Waals surface area contributed by atoms with Gasteiger partial charge in [-0.1, -0.05) is 16.8 Å². The number of carboxylic acid groups (broad SMARTS) is 1. The minimum absolute atomic E-state index is 0.0788. The Balaban J connectivity index is 1.48. The van der Waals surface area contributed by atoms with E-state index in [2.05, 4.69) is 10.1 Å². The van der Waals surface area contributed by atoms with Gasteiger partial charge in [0.25, 0.3) is 0 Å². The number of carbonyl (C=O) groups excluding carboxylic acids is 1. The fraction of sp³-hybridized carbons (Fsp3) is 0.412. The van der Waals surface area contributed by atoms with Crippen molar-refractivity contribution >= 4 is 23.5 Å². The van der Waals surface area contributed by atoms with Crippen molar-refractivity contribution in [2.24, 2.45) is 0 Å². The lowest BCUT2D eigenvalue weighted by Crippen LogP contribution is -2.48. The van der Waals surface area contributed by atoms with Gasteiger partial charge in [0.1, 0.15) is 0 Å². The molecule has 0 radical (unpaired) electrons. The molecule has 1 amide bonds. The van der Waals surface area contributed by atoms with Crippen LogP contribution in [0.5, 0.6) is 0 Å². The normalized spacial score (nSPS) is 17.3. The minimum Gasteiger partial charge on any atom is -0.479 e. The number of carbonyl (C=O) groups is 2. The molecule has 0 aliphatic carbocycles. The SMILES string of the molecule is O=C(O)[C@@H]1CN(C(=O)CCCc2nc(-c3ccc(Cl)cc3)no2)CCO1. The van der Waals surface area contributed by atoms with Crippen LogP contribution in [0.2, 0.25) is 5.02 Å². The van der Waals surface area contributed by atoms with Crippen LogP contribution in [0.3, 0.4) is 0 Å². The van der Waals surface area contributed by atoms with E-state index >= 15 is 0 Å². The van der Waals surface area contributed by atoms with Gasteiger partial charge in [-0.3, -0.25) is 4.79 Å². The van der Waals surface area contributed by atoms with E-state index in [4.69, 9.17) is 26.0 Å². The van der Waals surface area contributed by atoms with E-state index < -0.39 is 12.1 Å². The Morgan fingerprint density at radius 1 is 1.31 bits per heavy atom. The maximum Gasteiger partial charge on any atom is 0.334 e. The second-order valence-corrected chi connectivity index (χ2v) is 6.35. The van der Waals surface area contributed by atoms with Gasteiger partial charge in [0.2, 0.25) is 17.6 Å². The van der Waals surface area contributed by atoms with E-state index in [1.165, 1.54) is 4.90 Å². The molecule has 2 heterocycles. The lowest BCUT2D eigenvalue weighted by molar-refractivity contribution is -0.159. The van der Waals surface area contributed by atoms with Crippen molar-refractivity contribution in [3.8, 4) is 11.4 Å². The van der Waals surface area contributed by atoms with Gasteiger partial charge in [0.15, 0.2) is 6.10 Å². The number of hydrogen-bond acceptors (Lipinski definition) is 6. The molecule has 1 fully saturated rings. The molecule has 1 aromatic carbocycles. The third-order valence-corrected chi connectivity index (χ3v) is 4.30. The molecule has 1 N–H and O–H groups in total. The van der Waals surface area contributed by atoms with E-state index in [1.807, 2.05) is 0 Å². The number of morpholine rings is 1. The van der Waals surface area contributed by atoms with Crippen LogP contribution in [0.25, 0.3) is 11.4 Å². The number of aromatic nitrogens is 2. The van der Waals surface area contributed by atoms with Crippen LogP contribution in [0, 0.1) is 0 Å². The first-order valence-corrected chi connectivity index (χ1v) is 8.61. The first kappa shape index (κ1) is 18.3. The molecule has 0 unspecified atom stereocenters. The van der Waals surface area contributed by atoms with E-state index in [9.17, 15) is 9.59 Å². The molecule has 1 aliphatic heterocycles. The molecular formula is C17H18ClN3O5. The molecule has 8 nitrogen and oxygen atoms in total. The number of hydrogen-bond donors (Lipinski definition) is 1. The van der Waals surface area contributed by atoms with Crippen molar-refractivity contribution in [1.82, 2.24) is 15.0 Å². The molecule has 138 valence electrons. The fourth-order valence-electron chi connectivity index (χ4n) is 2.65. The van der Waals surface area contributed by atoms with Crippen LogP contribution >= 0.6 is 11.6 Å². The van der Waals surface area contributed by atoms with Crippen molar-refractivity contribution in [3.05, 3.63) is 35.2 Å². The highest BCUT2D eigenvalue weighted by Crippen LogP contribution is 2.19. The van der Waals surface area contributed by atoms with Crippen molar-refractivity contribution in [2.75, 3.05) is 19.7 Å². The Morgan fingerprint density at radius 2 is 2.08 bits per heavy atom. The second kappa shape index (κ2) is 8.29. The number of aryl methyl sites for hydroxylation is 1. The molecule has 1 saturated heterocycles. The van der Waals surface area contributed by atoms with Gasteiger partial charge in [-0.2, -0.15) is 4.98 Å². The molecule has 1 aromatic heterocycles. The summed E-state index contributed by atoms with van der Waals surface area (Å²) >= 11 is 5.85. The largest absolute Gasteiger partial charge is 0.479 e. The third-order valence-electron chi connectivity index (χ3n) is 4.05. The third kappa shape index (κ3) is 4.59. The van der Waals surface area contributed by atoms with Gasteiger partial charge in [0.05, 0.1) is 13.2 Å². The van der Waals surface area contributed by atoms with Crippen LogP contribution in [0.1, 0.15) is 18.7 Å². The van der Waals surface area contributed by atoms with Crippen LogP contribution in [-0.4, -0.2) is 57.8 Å². The van der Waals surface area contributed by atoms with E-state index in [0.717, 1.165) is 5.56 Å². The molecule has 9 heteroatoms. The molecule has 1 aliphatic rings. The van der Waals surface area contributed by atoms with Crippen molar-refractivity contribution in [1.29, 1.82) is 0 Å². The molecule has 0 bridgehead atoms. The molecule has 0 spiro atoms. The molecule has 1 atom stereocenters. The summed E-state index contributed by atoms with van der Waals surface area (Å²) in [4.78, 5) is 29.0. The van der Waals surface area contributed by atoms with Crippen molar-refractivity contribution in [2.45, 2.75) is 25.4 Å². The number of aliphatic carboxylic acids is 1. The summed E-state index contributed by atoms with van der Waals surface area (Å²) in [5.74, 6) is -0.228. The number of rotatable bonds is 6. The molecule has 3 rings (SSSR count). The summed E-state index contributed by atoms with van der Waals surface area (Å²) < 4.78 is 10.3. The second-order valence-electron chi connectivity index (χ2n) is 5.91. The van der Waals surface area contributed by atoms with Gasteiger partial charge in [0, 0.05) is 30.0 Å². The Labute approximate surface area is 154 Å². The number of nitrogens with zero attached hydrogens (tertiary/aromatic N) is 3. The minimum atomic E-state index is -1.05. The molecule has 26 heavy (non-hydrogen) atoms. The van der Waals surface area contributed by atoms with Gasteiger partial charge in [-0.25, -0.2) is 4.79 Å². The van der Waals surface area contributed by atoms with Gasteiger partial charge < -0.3 is 19.3 Å². The van der Waals surface area contributed by atoms with E-state index in [1.54, 1.807) is 24.3 Å². The predicted octanol–water partition coefficient (Wildman–Crippen LogP) is 2.02. The monoisotopic (exact) mass is 379 g/mol. The standard InChI is InChI=1S/C17H18ClN3O5/c18-12-6-4-11(5-7-12)16-19-14(26-20-16)2-1-3-15(22)21-8-9-25-13(10-21)17(23)24/h4-7,13H,1-3,8-10H2,(H,23,24)/t13-/m0/s1. The lowest BCUT2D eigenvalue weighted by atomic mass is 10.2. The van der Waals surface area contributed by atoms with Crippen molar-refractivity contribution in [3.63, 3.8) is 0 Å². The summed E-state index contributed by atoms with van der Waals surface area (Å²) in [5.41, 5.74) is 0.800. The van der Waals surface area contributed by atoms with Gasteiger partial charge >= 0.3 is 5.97 Å². The van der Waals surface area contributed by atoms with Gasteiger partial charge in [-0.05, 0) is 30.7 Å². The maximum absolute atomic E-state index is 12.2. The first-order chi connectivity index (χ1) is 12.5. The Hall–Kier alpha value is -2.45. The Bertz CT molecular complexity index is 777. The Kier molecular flexibility index (Phi) is 5.85. The van der Waals surface area contributed by atoms with Crippen LogP contribution < -0.4 is 0 Å². The number of ether oxygens (including phenoxy) is 1. The summed E-state index contributed by atoms with van der Waals surface area (Å²) in [6.45, 7) is 0.718. The Morgan fingerprint density at radius 3 is 2.81 bits per heavy atom. The van der Waals surface area contributed by atoms with Gasteiger partial charge in [-0.15, -0.1) is 0 Å². The number of halogens is 1. The molecule has 2 aromatic rings. The summed E-state index contributed by atoms with van der Waals surface area (Å²) in [5, 5.41) is 13.5. The van der Waals surface area contributed by atoms with E-state index in [-0.39, 0.29) is 25.5 Å². The fourth-order valence-corrected chi connectivity index (χ4v) is 2.77. The zero-order chi connectivity index (χ0) is 18.5. The zero-order valence-electron chi connectivity index (χ0n) is 13.9. The number of benzene rings is 1. The van der Waals surface area contributed by atoms with Crippen molar-refractivity contribution < 1.29 is 24.0 Å². The topological polar surface area (TPSA) is 106 Å². The predicted molar refractivity (Wildman–Crippen MR) is 91.6 cm³/mol. The maximum atomic E-state index is 12.2. The zero-order valence-corrected chi connectivity index (χ0v) is 14.7. The summed E-state index contributed by atoms with van der Waals surface area (Å²) in [6, 6.07) is 7.10. The highest BCUT2D eigenvalue weighted by atomic mass is 35.5. The average molecular weight is 380 g/mol. The quantitative estimate of drug-likeness (QED) is 0.818. The average Bonchev–Trinajstić information content (AvgIpc) is 3.11. The van der Waals surface area contributed by atoms with Crippen LogP contribution in [-0.2, 0) is 20.7 Å². The number of amides is 1. The highest BCUT2D eigenvalue weighted by molar-refractivity contribution is 6.30. The van der Waals surface area contributed by atoms with E-state index in [0.29, 0.717) is 36.1 Å². The lowest BCUT2D eigenvalue weighted by Gasteiger charge is -2.30. The summed E-state index contributed by atoms with van der Waals surface area (Å²) in [6.07, 6.45) is 0.339. The number of carboxylic acids is 1. The smallest absolute Gasteiger partial charge is 0.334 e. The van der Waals surface area contributed by atoms with Crippen LogP contribution in [0.4, 0.5) is 0 Å².